The molecule has 2 saturated carbocycles. The average molecular weight is 270 g/mol. The summed E-state index contributed by atoms with van der Waals surface area (Å²) in [6, 6.07) is 0. The molecule has 112 valence electrons. The Hall–Kier alpha value is -0.120. The fraction of sp³-hybridized carbons (Fsp3) is 1.00. The van der Waals surface area contributed by atoms with Gasteiger partial charge in [-0.05, 0) is 61.7 Å². The van der Waals surface area contributed by atoms with Crippen LogP contribution in [0, 0.1) is 22.7 Å². The summed E-state index contributed by atoms with van der Waals surface area (Å²) in [5.41, 5.74) is -0.767. The lowest BCUT2D eigenvalue weighted by atomic mass is 9.44. The van der Waals surface area contributed by atoms with E-state index in [0.717, 1.165) is 25.7 Å². The topological polar surface area (TPSA) is 60.7 Å². The van der Waals surface area contributed by atoms with Gasteiger partial charge in [-0.2, -0.15) is 0 Å². The van der Waals surface area contributed by atoms with Gasteiger partial charge in [0.2, 0.25) is 0 Å². The van der Waals surface area contributed by atoms with Crippen LogP contribution < -0.4 is 0 Å². The van der Waals surface area contributed by atoms with Crippen molar-refractivity contribution in [2.75, 3.05) is 6.61 Å². The second-order valence-electron chi connectivity index (χ2n) is 7.89. The maximum absolute atomic E-state index is 10.7. The molecule has 5 atom stereocenters. The summed E-state index contributed by atoms with van der Waals surface area (Å²) in [7, 11) is 0. The molecule has 0 unspecified atom stereocenters. The van der Waals surface area contributed by atoms with E-state index >= 15 is 0 Å². The molecular weight excluding hydrogens is 240 g/mol. The molecule has 2 aliphatic rings. The van der Waals surface area contributed by atoms with Crippen molar-refractivity contribution in [3.8, 4) is 0 Å². The summed E-state index contributed by atoms with van der Waals surface area (Å²) in [5, 5.41) is 30.4. The third kappa shape index (κ3) is 2.24. The van der Waals surface area contributed by atoms with Crippen molar-refractivity contribution in [3.05, 3.63) is 0 Å². The van der Waals surface area contributed by atoms with Gasteiger partial charge in [-0.3, -0.25) is 0 Å². The lowest BCUT2D eigenvalue weighted by Gasteiger charge is -2.62. The van der Waals surface area contributed by atoms with Gasteiger partial charge in [0.05, 0.1) is 11.7 Å². The fourth-order valence-electron chi connectivity index (χ4n) is 5.29. The fourth-order valence-corrected chi connectivity index (χ4v) is 5.29. The summed E-state index contributed by atoms with van der Waals surface area (Å²) >= 11 is 0. The molecule has 0 aliphatic heterocycles. The second kappa shape index (κ2) is 4.71. The highest BCUT2D eigenvalue weighted by Gasteiger charge is 2.59. The van der Waals surface area contributed by atoms with Crippen LogP contribution in [0.25, 0.3) is 0 Å². The molecule has 0 amide bonds. The third-order valence-corrected chi connectivity index (χ3v) is 6.41. The zero-order chi connectivity index (χ0) is 14.5. The molecule has 2 aliphatic carbocycles. The predicted octanol–water partition coefficient (Wildman–Crippen LogP) is 2.33. The summed E-state index contributed by atoms with van der Waals surface area (Å²) in [6.45, 7) is 8.64. The number of aliphatic hydroxyl groups excluding tert-OH is 2. The molecule has 0 heterocycles. The first-order valence-electron chi connectivity index (χ1n) is 7.67. The molecule has 3 nitrogen and oxygen atoms in total. The lowest BCUT2D eigenvalue weighted by Crippen LogP contribution is -2.60. The van der Waals surface area contributed by atoms with Crippen LogP contribution in [0.1, 0.15) is 59.8 Å². The van der Waals surface area contributed by atoms with E-state index in [2.05, 4.69) is 20.8 Å². The Labute approximate surface area is 117 Å². The van der Waals surface area contributed by atoms with Gasteiger partial charge in [-0.1, -0.05) is 20.8 Å². The van der Waals surface area contributed by atoms with Crippen LogP contribution in [0.3, 0.4) is 0 Å². The molecule has 0 bridgehead atoms. The van der Waals surface area contributed by atoms with Gasteiger partial charge in [0.15, 0.2) is 0 Å². The number of hydrogen-bond acceptors (Lipinski definition) is 3. The Balaban J connectivity index is 2.38. The first kappa shape index (κ1) is 15.3. The highest BCUT2D eigenvalue weighted by molar-refractivity contribution is 5.09. The van der Waals surface area contributed by atoms with Gasteiger partial charge < -0.3 is 15.3 Å². The maximum atomic E-state index is 10.7. The van der Waals surface area contributed by atoms with Crippen LogP contribution >= 0.6 is 0 Å². The summed E-state index contributed by atoms with van der Waals surface area (Å²) in [4.78, 5) is 0. The first-order valence-corrected chi connectivity index (χ1v) is 7.67. The van der Waals surface area contributed by atoms with Gasteiger partial charge in [0.25, 0.3) is 0 Å². The molecule has 2 fully saturated rings. The van der Waals surface area contributed by atoms with Gasteiger partial charge >= 0.3 is 0 Å². The molecule has 3 N–H and O–H groups in total. The minimum Gasteiger partial charge on any atom is -0.396 e. The quantitative estimate of drug-likeness (QED) is 0.722. The van der Waals surface area contributed by atoms with Crippen LogP contribution in [0.5, 0.6) is 0 Å². The Morgan fingerprint density at radius 2 is 1.68 bits per heavy atom. The normalized spacial score (nSPS) is 49.7. The van der Waals surface area contributed by atoms with Crippen molar-refractivity contribution >= 4 is 0 Å². The Morgan fingerprint density at radius 3 is 2.26 bits per heavy atom. The van der Waals surface area contributed by atoms with Gasteiger partial charge in [-0.25, -0.2) is 0 Å². The molecule has 2 rings (SSSR count). The SMILES string of the molecule is CC1(C)[C@H](O)CC[C@]2(C)[C@@H]1CC[C@](C)(O)[C@H]2CCO. The summed E-state index contributed by atoms with van der Waals surface area (Å²) < 4.78 is 0. The van der Waals surface area contributed by atoms with Crippen molar-refractivity contribution in [2.24, 2.45) is 22.7 Å². The Morgan fingerprint density at radius 1 is 1.05 bits per heavy atom. The molecule has 3 heteroatoms. The molecule has 0 aromatic carbocycles. The van der Waals surface area contributed by atoms with Gasteiger partial charge in [0, 0.05) is 6.61 Å². The van der Waals surface area contributed by atoms with E-state index in [1.54, 1.807) is 0 Å². The second-order valence-corrected chi connectivity index (χ2v) is 7.89. The minimum absolute atomic E-state index is 0.0210. The van der Waals surface area contributed by atoms with E-state index in [9.17, 15) is 15.3 Å². The van der Waals surface area contributed by atoms with E-state index in [1.165, 1.54) is 0 Å². The van der Waals surface area contributed by atoms with Gasteiger partial charge in [0.1, 0.15) is 0 Å². The molecular formula is C16H30O3. The zero-order valence-corrected chi connectivity index (χ0v) is 12.8. The standard InChI is InChI=1S/C16H30O3/c1-14(2)11-5-9-16(4,19)12(7-10-17)15(11,3)8-6-13(14)18/h11-13,17-19H,5-10H2,1-4H3/t11-,12+,13-,15-,16+/m1/s1. The molecule has 0 aromatic rings. The molecule has 19 heavy (non-hydrogen) atoms. The van der Waals surface area contributed by atoms with Crippen molar-refractivity contribution in [1.82, 2.24) is 0 Å². The first-order chi connectivity index (χ1) is 8.66. The number of hydrogen-bond donors (Lipinski definition) is 3. The number of rotatable bonds is 2. The maximum Gasteiger partial charge on any atom is 0.0654 e. The van der Waals surface area contributed by atoms with E-state index in [4.69, 9.17) is 0 Å². The van der Waals surface area contributed by atoms with Crippen molar-refractivity contribution in [1.29, 1.82) is 0 Å². The van der Waals surface area contributed by atoms with Crippen LogP contribution in [0.2, 0.25) is 0 Å². The molecule has 0 aromatic heterocycles. The molecule has 0 saturated heterocycles. The number of aliphatic hydroxyl groups is 3. The number of fused-ring (bicyclic) bond motifs is 1. The largest absolute Gasteiger partial charge is 0.396 e. The molecule has 0 radical (unpaired) electrons. The summed E-state index contributed by atoms with van der Waals surface area (Å²) in [6.07, 6.45) is 3.90. The summed E-state index contributed by atoms with van der Waals surface area (Å²) in [5.74, 6) is 0.538. The Kier molecular flexibility index (Phi) is 3.79. The predicted molar refractivity (Wildman–Crippen MR) is 75.7 cm³/mol. The van der Waals surface area contributed by atoms with Crippen LogP contribution in [-0.4, -0.2) is 33.6 Å². The highest BCUT2D eigenvalue weighted by atomic mass is 16.3. The van der Waals surface area contributed by atoms with Crippen LogP contribution in [0.4, 0.5) is 0 Å². The van der Waals surface area contributed by atoms with E-state index < -0.39 is 5.60 Å². The van der Waals surface area contributed by atoms with Crippen molar-refractivity contribution < 1.29 is 15.3 Å². The highest BCUT2D eigenvalue weighted by Crippen LogP contribution is 2.62. The Bertz CT molecular complexity index is 333. The van der Waals surface area contributed by atoms with Crippen molar-refractivity contribution in [2.45, 2.75) is 71.5 Å². The van der Waals surface area contributed by atoms with E-state index in [0.29, 0.717) is 12.3 Å². The lowest BCUT2D eigenvalue weighted by molar-refractivity contribution is -0.197. The monoisotopic (exact) mass is 270 g/mol. The average Bonchev–Trinajstić information content (AvgIpc) is 2.29. The van der Waals surface area contributed by atoms with Crippen LogP contribution in [-0.2, 0) is 0 Å². The smallest absolute Gasteiger partial charge is 0.0654 e. The van der Waals surface area contributed by atoms with Crippen LogP contribution in [0.15, 0.2) is 0 Å². The van der Waals surface area contributed by atoms with E-state index in [-0.39, 0.29) is 29.5 Å². The molecule has 0 spiro atoms. The van der Waals surface area contributed by atoms with Gasteiger partial charge in [-0.15, -0.1) is 0 Å². The zero-order valence-electron chi connectivity index (χ0n) is 12.8. The third-order valence-electron chi connectivity index (χ3n) is 6.41. The van der Waals surface area contributed by atoms with E-state index in [1.807, 2.05) is 6.92 Å². The minimum atomic E-state index is -0.688. The van der Waals surface area contributed by atoms with Crippen molar-refractivity contribution in [3.63, 3.8) is 0 Å².